The van der Waals surface area contributed by atoms with E-state index < -0.39 is 17.5 Å². The molecule has 1 rings (SSSR count). The number of hydrogen-bond acceptors (Lipinski definition) is 3. The average Bonchev–Trinajstić information content (AvgIpc) is 2.33. The van der Waals surface area contributed by atoms with Crippen molar-refractivity contribution in [2.45, 2.75) is 26.4 Å². The molecule has 0 aliphatic rings. The van der Waals surface area contributed by atoms with E-state index in [-0.39, 0.29) is 12.1 Å². The molecule has 0 unspecified atom stereocenters. The van der Waals surface area contributed by atoms with Crippen molar-refractivity contribution in [1.82, 2.24) is 5.32 Å². The molecule has 1 aromatic rings. The lowest BCUT2D eigenvalue weighted by molar-refractivity contribution is 0.0535. The van der Waals surface area contributed by atoms with Gasteiger partial charge in [-0.05, 0) is 39.0 Å². The minimum atomic E-state index is -0.577. The number of alkyl carbamates (subject to hydrolysis) is 1. The summed E-state index contributed by atoms with van der Waals surface area (Å²) in [6.07, 6.45) is -0.577. The predicted octanol–water partition coefficient (Wildman–Crippen LogP) is 2.57. The van der Waals surface area contributed by atoms with Gasteiger partial charge >= 0.3 is 6.09 Å². The van der Waals surface area contributed by atoms with E-state index in [4.69, 9.17) is 10.00 Å². The molecule has 1 aromatic carbocycles. The molecule has 1 N–H and O–H groups in total. The minimum Gasteiger partial charge on any atom is -0.444 e. The number of hydrogen-bond donors (Lipinski definition) is 1. The molecule has 0 spiro atoms. The molecule has 0 aliphatic heterocycles. The van der Waals surface area contributed by atoms with Gasteiger partial charge in [-0.25, -0.2) is 9.18 Å². The SMILES string of the molecule is CC(C)(C)OC(=O)NCC#Cc1cc(F)ccc1C#N. The van der Waals surface area contributed by atoms with Crippen LogP contribution in [0, 0.1) is 29.0 Å². The summed E-state index contributed by atoms with van der Waals surface area (Å²) >= 11 is 0. The van der Waals surface area contributed by atoms with Gasteiger partial charge < -0.3 is 10.1 Å². The summed E-state index contributed by atoms with van der Waals surface area (Å²) in [6.45, 7) is 5.31. The number of nitriles is 1. The summed E-state index contributed by atoms with van der Waals surface area (Å²) in [7, 11) is 0. The topological polar surface area (TPSA) is 62.1 Å². The minimum absolute atomic E-state index is 0.0519. The quantitative estimate of drug-likeness (QED) is 0.801. The van der Waals surface area contributed by atoms with Crippen molar-refractivity contribution in [3.05, 3.63) is 35.1 Å². The monoisotopic (exact) mass is 274 g/mol. The summed E-state index contributed by atoms with van der Waals surface area (Å²) < 4.78 is 18.1. The number of ether oxygens (including phenoxy) is 1. The Balaban J connectivity index is 2.62. The Morgan fingerprint density at radius 2 is 2.10 bits per heavy atom. The summed E-state index contributed by atoms with van der Waals surface area (Å²) in [6, 6.07) is 5.66. The maximum Gasteiger partial charge on any atom is 0.408 e. The number of halogens is 1. The zero-order valence-electron chi connectivity index (χ0n) is 11.6. The standard InChI is InChI=1S/C15H15FN2O2/c1-15(2,3)20-14(19)18-8-4-5-11-9-13(16)7-6-12(11)10-17/h6-7,9H,8H2,1-3H3,(H,18,19). The van der Waals surface area contributed by atoms with Crippen LogP contribution in [0.15, 0.2) is 18.2 Å². The molecule has 5 heteroatoms. The fourth-order valence-electron chi connectivity index (χ4n) is 1.29. The van der Waals surface area contributed by atoms with Crippen molar-refractivity contribution < 1.29 is 13.9 Å². The normalized spacial score (nSPS) is 9.95. The Labute approximate surface area is 117 Å². The summed E-state index contributed by atoms with van der Waals surface area (Å²) in [5.41, 5.74) is 0.00304. The van der Waals surface area contributed by atoms with E-state index in [1.54, 1.807) is 20.8 Å². The third-order valence-corrected chi connectivity index (χ3v) is 2.05. The third kappa shape index (κ3) is 5.41. The van der Waals surface area contributed by atoms with Crippen molar-refractivity contribution in [3.8, 4) is 17.9 Å². The van der Waals surface area contributed by atoms with Crippen molar-refractivity contribution in [1.29, 1.82) is 5.26 Å². The van der Waals surface area contributed by atoms with Crippen LogP contribution in [0.1, 0.15) is 31.9 Å². The molecular weight excluding hydrogens is 259 g/mol. The van der Waals surface area contributed by atoms with Gasteiger partial charge in [-0.15, -0.1) is 0 Å². The molecule has 0 atom stereocenters. The van der Waals surface area contributed by atoms with Crippen molar-refractivity contribution in [2.75, 3.05) is 6.54 Å². The van der Waals surface area contributed by atoms with Crippen LogP contribution in [0.4, 0.5) is 9.18 Å². The second-order valence-electron chi connectivity index (χ2n) is 4.96. The smallest absolute Gasteiger partial charge is 0.408 e. The molecule has 0 fully saturated rings. The van der Waals surface area contributed by atoms with E-state index >= 15 is 0 Å². The average molecular weight is 274 g/mol. The maximum absolute atomic E-state index is 13.0. The molecule has 4 nitrogen and oxygen atoms in total. The second-order valence-corrected chi connectivity index (χ2v) is 4.96. The highest BCUT2D eigenvalue weighted by atomic mass is 19.1. The zero-order valence-corrected chi connectivity index (χ0v) is 11.6. The summed E-state index contributed by atoms with van der Waals surface area (Å²) in [4.78, 5) is 11.3. The lowest BCUT2D eigenvalue weighted by atomic mass is 10.1. The Kier molecular flexibility index (Phi) is 5.11. The van der Waals surface area contributed by atoms with Crippen LogP contribution in [0.25, 0.3) is 0 Å². The van der Waals surface area contributed by atoms with Crippen LogP contribution >= 0.6 is 0 Å². The fraction of sp³-hybridized carbons (Fsp3) is 0.333. The Morgan fingerprint density at radius 3 is 2.70 bits per heavy atom. The first kappa shape index (κ1) is 15.5. The van der Waals surface area contributed by atoms with E-state index in [1.807, 2.05) is 6.07 Å². The van der Waals surface area contributed by atoms with Crippen LogP contribution in [0.5, 0.6) is 0 Å². The van der Waals surface area contributed by atoms with Crippen LogP contribution in [0.2, 0.25) is 0 Å². The molecule has 1 amide bonds. The number of nitrogens with zero attached hydrogens (tertiary/aromatic N) is 1. The highest BCUT2D eigenvalue weighted by Gasteiger charge is 2.14. The van der Waals surface area contributed by atoms with Gasteiger partial charge in [0, 0.05) is 5.56 Å². The molecule has 0 aliphatic carbocycles. The van der Waals surface area contributed by atoms with Crippen LogP contribution in [-0.2, 0) is 4.74 Å². The van der Waals surface area contributed by atoms with Gasteiger partial charge in [0.05, 0.1) is 12.1 Å². The van der Waals surface area contributed by atoms with Crippen LogP contribution in [0.3, 0.4) is 0 Å². The molecular formula is C15H15FN2O2. The van der Waals surface area contributed by atoms with Gasteiger partial charge in [-0.3, -0.25) is 0 Å². The lowest BCUT2D eigenvalue weighted by Crippen LogP contribution is -2.32. The van der Waals surface area contributed by atoms with Gasteiger partial charge in [0.1, 0.15) is 17.5 Å². The Morgan fingerprint density at radius 1 is 1.40 bits per heavy atom. The van der Waals surface area contributed by atoms with E-state index in [2.05, 4.69) is 17.2 Å². The second kappa shape index (κ2) is 6.58. The van der Waals surface area contributed by atoms with E-state index in [1.165, 1.54) is 18.2 Å². The molecule has 0 saturated carbocycles. The van der Waals surface area contributed by atoms with Crippen molar-refractivity contribution in [2.24, 2.45) is 0 Å². The van der Waals surface area contributed by atoms with Crippen molar-refractivity contribution in [3.63, 3.8) is 0 Å². The largest absolute Gasteiger partial charge is 0.444 e. The lowest BCUT2D eigenvalue weighted by Gasteiger charge is -2.19. The van der Waals surface area contributed by atoms with Gasteiger partial charge in [0.15, 0.2) is 0 Å². The number of nitrogens with one attached hydrogen (secondary N) is 1. The number of benzene rings is 1. The highest BCUT2D eigenvalue weighted by molar-refractivity contribution is 5.68. The first-order valence-corrected chi connectivity index (χ1v) is 5.97. The summed E-state index contributed by atoms with van der Waals surface area (Å²) in [5, 5.41) is 11.3. The highest BCUT2D eigenvalue weighted by Crippen LogP contribution is 2.08. The van der Waals surface area contributed by atoms with Crippen LogP contribution in [-0.4, -0.2) is 18.2 Å². The maximum atomic E-state index is 13.0. The number of amides is 1. The zero-order chi connectivity index (χ0) is 15.2. The molecule has 0 aromatic heterocycles. The first-order chi connectivity index (χ1) is 9.31. The molecule has 0 radical (unpaired) electrons. The van der Waals surface area contributed by atoms with Gasteiger partial charge in [-0.2, -0.15) is 5.26 Å². The molecule has 104 valence electrons. The Hall–Kier alpha value is -2.53. The summed E-state index contributed by atoms with van der Waals surface area (Å²) in [5.74, 6) is 4.82. The number of carbonyl (C=O) groups is 1. The predicted molar refractivity (Wildman–Crippen MR) is 72.2 cm³/mol. The van der Waals surface area contributed by atoms with Gasteiger partial charge in [-0.1, -0.05) is 11.8 Å². The van der Waals surface area contributed by atoms with E-state index in [0.29, 0.717) is 5.56 Å². The van der Waals surface area contributed by atoms with Gasteiger partial charge in [0.2, 0.25) is 0 Å². The number of carbonyl (C=O) groups excluding carboxylic acids is 1. The fourth-order valence-corrected chi connectivity index (χ4v) is 1.29. The van der Waals surface area contributed by atoms with Gasteiger partial charge in [0.25, 0.3) is 0 Å². The van der Waals surface area contributed by atoms with Crippen LogP contribution < -0.4 is 5.32 Å². The van der Waals surface area contributed by atoms with Crippen molar-refractivity contribution >= 4 is 6.09 Å². The third-order valence-electron chi connectivity index (χ3n) is 2.05. The number of rotatable bonds is 1. The molecule has 0 bridgehead atoms. The van der Waals surface area contributed by atoms with E-state index in [0.717, 1.165) is 0 Å². The van der Waals surface area contributed by atoms with E-state index in [9.17, 15) is 9.18 Å². The Bertz CT molecular complexity index is 601. The molecule has 0 heterocycles. The molecule has 20 heavy (non-hydrogen) atoms. The first-order valence-electron chi connectivity index (χ1n) is 5.97. The molecule has 0 saturated heterocycles.